The van der Waals surface area contributed by atoms with Crippen LogP contribution in [0.2, 0.25) is 0 Å². The molecule has 128 valence electrons. The van der Waals surface area contributed by atoms with Crippen LogP contribution in [0.4, 0.5) is 0 Å². The van der Waals surface area contributed by atoms with Crippen LogP contribution < -0.4 is 0 Å². The lowest BCUT2D eigenvalue weighted by Crippen LogP contribution is -2.39. The molecule has 0 aliphatic carbocycles. The molecule has 0 N–H and O–H groups in total. The number of amides is 1. The van der Waals surface area contributed by atoms with Gasteiger partial charge in [-0.15, -0.1) is 0 Å². The lowest BCUT2D eigenvalue weighted by molar-refractivity contribution is -0.128. The number of piperidine rings is 1. The highest BCUT2D eigenvalue weighted by Gasteiger charge is 2.24. The van der Waals surface area contributed by atoms with Crippen LogP contribution in [0.3, 0.4) is 0 Å². The van der Waals surface area contributed by atoms with Gasteiger partial charge in [0.15, 0.2) is 0 Å². The van der Waals surface area contributed by atoms with Crippen LogP contribution in [-0.4, -0.2) is 34.8 Å². The van der Waals surface area contributed by atoms with Crippen molar-refractivity contribution >= 4 is 5.91 Å². The van der Waals surface area contributed by atoms with E-state index in [0.717, 1.165) is 25.9 Å². The smallest absolute Gasteiger partial charge is 0.266 e. The van der Waals surface area contributed by atoms with Crippen LogP contribution in [0.25, 0.3) is 0 Å². The van der Waals surface area contributed by atoms with Gasteiger partial charge in [0.05, 0.1) is 0 Å². The summed E-state index contributed by atoms with van der Waals surface area (Å²) in [5.41, 5.74) is 1.40. The van der Waals surface area contributed by atoms with Gasteiger partial charge in [0.1, 0.15) is 11.6 Å². The lowest BCUT2D eigenvalue weighted by atomic mass is 9.99. The number of nitrogens with zero attached hydrogens (tertiary/aromatic N) is 3. The maximum absolute atomic E-state index is 12.7. The number of likely N-dealkylation sites (tertiary alicyclic amines) is 1. The Balaban J connectivity index is 2.13. The molecule has 24 heavy (non-hydrogen) atoms. The van der Waals surface area contributed by atoms with Crippen molar-refractivity contribution in [3.8, 4) is 6.07 Å². The highest BCUT2D eigenvalue weighted by molar-refractivity contribution is 5.97. The van der Waals surface area contributed by atoms with Crippen LogP contribution in [0, 0.1) is 17.2 Å². The van der Waals surface area contributed by atoms with Gasteiger partial charge in [-0.2, -0.15) is 5.26 Å². The number of carbonyl (C=O) groups is 1. The number of carbonyl (C=O) groups excluding carboxylic acids is 1. The zero-order chi connectivity index (χ0) is 17.5. The molecule has 1 aromatic rings. The average Bonchev–Trinajstić information content (AvgIpc) is 2.59. The summed E-state index contributed by atoms with van der Waals surface area (Å²) in [4.78, 5) is 16.5. The molecule has 0 saturated carbocycles. The van der Waals surface area contributed by atoms with E-state index in [4.69, 9.17) is 0 Å². The summed E-state index contributed by atoms with van der Waals surface area (Å²) in [5, 5.41) is 9.48. The summed E-state index contributed by atoms with van der Waals surface area (Å²) in [6, 6.07) is 12.4. The van der Waals surface area contributed by atoms with Crippen LogP contribution in [-0.2, 0) is 11.3 Å². The third kappa shape index (κ3) is 4.86. The fourth-order valence-corrected chi connectivity index (χ4v) is 2.85. The van der Waals surface area contributed by atoms with E-state index in [1.54, 1.807) is 6.20 Å². The molecule has 1 amide bonds. The van der Waals surface area contributed by atoms with E-state index in [-0.39, 0.29) is 17.5 Å². The normalized spacial score (nSPS) is 16.1. The van der Waals surface area contributed by atoms with Gasteiger partial charge in [0.2, 0.25) is 0 Å². The molecule has 1 aliphatic heterocycles. The van der Waals surface area contributed by atoms with Crippen molar-refractivity contribution in [2.24, 2.45) is 5.92 Å². The molecule has 1 saturated heterocycles. The van der Waals surface area contributed by atoms with E-state index in [9.17, 15) is 10.1 Å². The van der Waals surface area contributed by atoms with Crippen molar-refractivity contribution in [1.29, 1.82) is 5.26 Å². The van der Waals surface area contributed by atoms with Gasteiger partial charge in [-0.1, -0.05) is 37.3 Å². The van der Waals surface area contributed by atoms with Crippen LogP contribution >= 0.6 is 0 Å². The Morgan fingerprint density at radius 1 is 1.33 bits per heavy atom. The summed E-state index contributed by atoms with van der Waals surface area (Å²) in [7, 11) is 0. The van der Waals surface area contributed by atoms with Crippen molar-refractivity contribution < 1.29 is 4.79 Å². The largest absolute Gasteiger partial charge is 0.369 e. The quantitative estimate of drug-likeness (QED) is 0.614. The average molecular weight is 325 g/mol. The summed E-state index contributed by atoms with van der Waals surface area (Å²) < 4.78 is 0. The van der Waals surface area contributed by atoms with E-state index in [2.05, 4.69) is 43.9 Å². The molecule has 4 nitrogen and oxygen atoms in total. The third-order valence-corrected chi connectivity index (χ3v) is 4.59. The standard InChI is InChI=1S/C20H27N3O/c1-16(2)23(14-18-7-5-4-6-8-18)15-19(13-21)20(24)22-11-9-17(3)10-12-22/h4-8,15-17H,9-12,14H2,1-3H3/b19-15-. The predicted molar refractivity (Wildman–Crippen MR) is 95.8 cm³/mol. The Bertz CT molecular complexity index is 608. The highest BCUT2D eigenvalue weighted by atomic mass is 16.2. The molecule has 1 aliphatic rings. The monoisotopic (exact) mass is 325 g/mol. The zero-order valence-corrected chi connectivity index (χ0v) is 14.9. The SMILES string of the molecule is CC1CCN(C(=O)/C(C#N)=C\N(Cc2ccccc2)C(C)C)CC1. The Labute approximate surface area is 145 Å². The van der Waals surface area contributed by atoms with Gasteiger partial charge in [-0.05, 0) is 38.2 Å². The molecule has 4 heteroatoms. The predicted octanol–water partition coefficient (Wildman–Crippen LogP) is 3.56. The molecular weight excluding hydrogens is 298 g/mol. The zero-order valence-electron chi connectivity index (χ0n) is 14.9. The van der Waals surface area contributed by atoms with E-state index >= 15 is 0 Å². The fraction of sp³-hybridized carbons (Fsp3) is 0.500. The number of nitriles is 1. The first-order valence-electron chi connectivity index (χ1n) is 8.72. The first-order chi connectivity index (χ1) is 11.5. The van der Waals surface area contributed by atoms with Crippen molar-refractivity contribution in [3.63, 3.8) is 0 Å². The molecule has 2 rings (SSSR count). The number of hydrogen-bond acceptors (Lipinski definition) is 3. The van der Waals surface area contributed by atoms with Gasteiger partial charge < -0.3 is 9.80 Å². The maximum Gasteiger partial charge on any atom is 0.266 e. The van der Waals surface area contributed by atoms with E-state index < -0.39 is 0 Å². The molecule has 0 aromatic heterocycles. The minimum Gasteiger partial charge on any atom is -0.369 e. The first kappa shape index (κ1) is 18.1. The summed E-state index contributed by atoms with van der Waals surface area (Å²) >= 11 is 0. The molecule has 0 unspecified atom stereocenters. The second-order valence-electron chi connectivity index (χ2n) is 6.88. The third-order valence-electron chi connectivity index (χ3n) is 4.59. The van der Waals surface area contributed by atoms with E-state index in [1.165, 1.54) is 5.56 Å². The number of rotatable bonds is 5. The van der Waals surface area contributed by atoms with Gasteiger partial charge in [0, 0.05) is 31.9 Å². The van der Waals surface area contributed by atoms with Crippen LogP contribution in [0.1, 0.15) is 39.2 Å². The van der Waals surface area contributed by atoms with Crippen molar-refractivity contribution in [3.05, 3.63) is 47.7 Å². The van der Waals surface area contributed by atoms with Gasteiger partial charge in [-0.25, -0.2) is 0 Å². The minimum absolute atomic E-state index is 0.136. The number of hydrogen-bond donors (Lipinski definition) is 0. The topological polar surface area (TPSA) is 47.3 Å². The van der Waals surface area contributed by atoms with Crippen LogP contribution in [0.15, 0.2) is 42.1 Å². The first-order valence-corrected chi connectivity index (χ1v) is 8.72. The van der Waals surface area contributed by atoms with Crippen molar-refractivity contribution in [2.45, 2.75) is 46.2 Å². The summed E-state index contributed by atoms with van der Waals surface area (Å²) in [6.07, 6.45) is 3.77. The van der Waals surface area contributed by atoms with E-state index in [1.807, 2.05) is 23.1 Å². The molecule has 0 spiro atoms. The molecule has 1 fully saturated rings. The van der Waals surface area contributed by atoms with Gasteiger partial charge in [-0.3, -0.25) is 4.79 Å². The Kier molecular flexibility index (Phi) is 6.43. The second kappa shape index (κ2) is 8.54. The molecule has 1 heterocycles. The maximum atomic E-state index is 12.7. The lowest BCUT2D eigenvalue weighted by Gasteiger charge is -2.31. The Morgan fingerprint density at radius 2 is 1.96 bits per heavy atom. The van der Waals surface area contributed by atoms with E-state index in [0.29, 0.717) is 12.5 Å². The van der Waals surface area contributed by atoms with Crippen molar-refractivity contribution in [2.75, 3.05) is 13.1 Å². The summed E-state index contributed by atoms with van der Waals surface area (Å²) in [5.74, 6) is 0.525. The van der Waals surface area contributed by atoms with Gasteiger partial charge in [0.25, 0.3) is 5.91 Å². The molecule has 0 radical (unpaired) electrons. The second-order valence-corrected chi connectivity index (χ2v) is 6.88. The Hall–Kier alpha value is -2.28. The van der Waals surface area contributed by atoms with Crippen LogP contribution in [0.5, 0.6) is 0 Å². The highest BCUT2D eigenvalue weighted by Crippen LogP contribution is 2.18. The molecule has 0 atom stereocenters. The van der Waals surface area contributed by atoms with Crippen molar-refractivity contribution in [1.82, 2.24) is 9.80 Å². The molecule has 1 aromatic carbocycles. The number of benzene rings is 1. The molecule has 0 bridgehead atoms. The fourth-order valence-electron chi connectivity index (χ4n) is 2.85. The molecular formula is C20H27N3O. The van der Waals surface area contributed by atoms with Gasteiger partial charge >= 0.3 is 0 Å². The Morgan fingerprint density at radius 3 is 2.50 bits per heavy atom. The minimum atomic E-state index is -0.136. The summed E-state index contributed by atoms with van der Waals surface area (Å²) in [6.45, 7) is 8.54.